The third-order valence-electron chi connectivity index (χ3n) is 6.09. The number of piperazine rings is 1. The van der Waals surface area contributed by atoms with E-state index in [1.807, 2.05) is 0 Å². The highest BCUT2D eigenvalue weighted by Crippen LogP contribution is 2.33. The molecule has 2 aromatic rings. The zero-order valence-electron chi connectivity index (χ0n) is 15.6. The Morgan fingerprint density at radius 2 is 1.85 bits per heavy atom. The highest BCUT2D eigenvalue weighted by molar-refractivity contribution is 5.87. The van der Waals surface area contributed by atoms with Crippen LogP contribution in [-0.4, -0.2) is 52.0 Å². The van der Waals surface area contributed by atoms with Crippen molar-refractivity contribution in [2.24, 2.45) is 5.92 Å². The summed E-state index contributed by atoms with van der Waals surface area (Å²) in [5, 5.41) is 11.9. The van der Waals surface area contributed by atoms with Gasteiger partial charge in [-0.15, -0.1) is 0 Å². The minimum absolute atomic E-state index is 0.0269. The van der Waals surface area contributed by atoms with E-state index in [0.29, 0.717) is 17.2 Å². The molecule has 1 N–H and O–H groups in total. The fourth-order valence-corrected chi connectivity index (χ4v) is 4.43. The van der Waals surface area contributed by atoms with Gasteiger partial charge in [0.05, 0.1) is 22.2 Å². The molecule has 0 unspecified atom stereocenters. The summed E-state index contributed by atoms with van der Waals surface area (Å²) >= 11 is 0. The fraction of sp³-hybridized carbons (Fsp3) is 0.579. The van der Waals surface area contributed by atoms with Crippen LogP contribution in [-0.2, 0) is 0 Å². The Hall–Kier alpha value is -2.48. The number of nitrogens with one attached hydrogen (secondary N) is 1. The maximum absolute atomic E-state index is 11.9. The molecule has 2 fully saturated rings. The van der Waals surface area contributed by atoms with E-state index in [4.69, 9.17) is 0 Å². The first-order valence-corrected chi connectivity index (χ1v) is 9.68. The van der Waals surface area contributed by atoms with Gasteiger partial charge < -0.3 is 9.88 Å². The Balaban J connectivity index is 1.55. The van der Waals surface area contributed by atoms with Gasteiger partial charge in [0, 0.05) is 38.3 Å². The van der Waals surface area contributed by atoms with Gasteiger partial charge in [0.1, 0.15) is 5.69 Å². The van der Waals surface area contributed by atoms with Crippen molar-refractivity contribution in [1.82, 2.24) is 14.9 Å². The van der Waals surface area contributed by atoms with Crippen molar-refractivity contribution in [3.8, 4) is 0 Å². The summed E-state index contributed by atoms with van der Waals surface area (Å²) in [7, 11) is 0. The molecule has 1 aliphatic carbocycles. The molecule has 1 aromatic carbocycles. The van der Waals surface area contributed by atoms with Gasteiger partial charge in [0.2, 0.25) is 0 Å². The molecule has 8 heteroatoms. The van der Waals surface area contributed by atoms with Crippen molar-refractivity contribution in [3.63, 3.8) is 0 Å². The third-order valence-corrected chi connectivity index (χ3v) is 6.09. The van der Waals surface area contributed by atoms with Crippen molar-refractivity contribution in [2.45, 2.75) is 38.6 Å². The quantitative estimate of drug-likeness (QED) is 0.658. The minimum Gasteiger partial charge on any atom is -0.363 e. The van der Waals surface area contributed by atoms with E-state index in [-0.39, 0.29) is 16.6 Å². The summed E-state index contributed by atoms with van der Waals surface area (Å²) in [6.07, 6.45) is 6.43. The van der Waals surface area contributed by atoms with Crippen molar-refractivity contribution >= 4 is 22.3 Å². The number of H-pyrrole nitrogens is 1. The molecular weight excluding hydrogens is 346 g/mol. The summed E-state index contributed by atoms with van der Waals surface area (Å²) in [6, 6.07) is 3.68. The first-order chi connectivity index (χ1) is 13.0. The molecule has 0 bridgehead atoms. The summed E-state index contributed by atoms with van der Waals surface area (Å²) in [4.78, 5) is 34.4. The van der Waals surface area contributed by atoms with E-state index < -0.39 is 4.92 Å². The van der Waals surface area contributed by atoms with E-state index in [2.05, 4.69) is 26.7 Å². The fourth-order valence-electron chi connectivity index (χ4n) is 4.43. The summed E-state index contributed by atoms with van der Waals surface area (Å²) in [5.41, 5.74) is 0.664. The van der Waals surface area contributed by atoms with Gasteiger partial charge in [-0.25, -0.2) is 4.98 Å². The topological polar surface area (TPSA) is 95.4 Å². The van der Waals surface area contributed by atoms with Gasteiger partial charge in [0.25, 0.3) is 11.2 Å². The number of fused-ring (bicyclic) bond motifs is 1. The van der Waals surface area contributed by atoms with Crippen LogP contribution in [0.4, 0.5) is 11.4 Å². The van der Waals surface area contributed by atoms with Crippen LogP contribution in [0.25, 0.3) is 10.9 Å². The summed E-state index contributed by atoms with van der Waals surface area (Å²) in [5.74, 6) is 0.832. The van der Waals surface area contributed by atoms with Crippen LogP contribution in [0.1, 0.15) is 32.6 Å². The number of aromatic amines is 1. The first kappa shape index (κ1) is 17.9. The lowest BCUT2D eigenvalue weighted by molar-refractivity contribution is -0.384. The zero-order chi connectivity index (χ0) is 19.0. The van der Waals surface area contributed by atoms with Crippen LogP contribution >= 0.6 is 0 Å². The highest BCUT2D eigenvalue weighted by atomic mass is 16.6. The molecule has 1 aliphatic heterocycles. The number of nitrogens with zero attached hydrogens (tertiary/aromatic N) is 4. The summed E-state index contributed by atoms with van der Waals surface area (Å²) in [6.45, 7) is 5.66. The Bertz CT molecular complexity index is 896. The molecule has 8 nitrogen and oxygen atoms in total. The van der Waals surface area contributed by atoms with Crippen LogP contribution in [0.3, 0.4) is 0 Å². The first-order valence-electron chi connectivity index (χ1n) is 9.68. The average Bonchev–Trinajstić information content (AvgIpc) is 2.68. The molecule has 0 spiro atoms. The molecule has 4 rings (SSSR count). The number of hydrogen-bond donors (Lipinski definition) is 1. The van der Waals surface area contributed by atoms with Crippen LogP contribution in [0.15, 0.2) is 23.3 Å². The predicted octanol–water partition coefficient (Wildman–Crippen LogP) is 2.53. The van der Waals surface area contributed by atoms with Gasteiger partial charge >= 0.3 is 0 Å². The van der Waals surface area contributed by atoms with Crippen molar-refractivity contribution in [3.05, 3.63) is 38.9 Å². The Labute approximate surface area is 157 Å². The van der Waals surface area contributed by atoms with Gasteiger partial charge in [0.15, 0.2) is 0 Å². The second-order valence-corrected chi connectivity index (χ2v) is 7.78. The zero-order valence-corrected chi connectivity index (χ0v) is 15.6. The Morgan fingerprint density at radius 1 is 1.15 bits per heavy atom. The molecule has 1 aromatic heterocycles. The second kappa shape index (κ2) is 7.26. The normalized spacial score (nSPS) is 24.3. The molecule has 1 saturated heterocycles. The number of hydrogen-bond acceptors (Lipinski definition) is 6. The van der Waals surface area contributed by atoms with E-state index in [0.717, 1.165) is 32.1 Å². The molecular formula is C19H25N5O3. The largest absolute Gasteiger partial charge is 0.363 e. The number of nitro benzene ring substituents is 1. The van der Waals surface area contributed by atoms with E-state index in [1.165, 1.54) is 38.1 Å². The maximum Gasteiger partial charge on any atom is 0.293 e. The van der Waals surface area contributed by atoms with Gasteiger partial charge in [-0.05, 0) is 37.7 Å². The summed E-state index contributed by atoms with van der Waals surface area (Å²) < 4.78 is 0. The number of rotatable bonds is 3. The van der Waals surface area contributed by atoms with Crippen molar-refractivity contribution < 1.29 is 4.92 Å². The van der Waals surface area contributed by atoms with Gasteiger partial charge in [-0.2, -0.15) is 0 Å². The van der Waals surface area contributed by atoms with Crippen LogP contribution in [0.2, 0.25) is 0 Å². The molecule has 27 heavy (non-hydrogen) atoms. The van der Waals surface area contributed by atoms with E-state index in [9.17, 15) is 14.9 Å². The van der Waals surface area contributed by atoms with Crippen molar-refractivity contribution in [2.75, 3.05) is 31.1 Å². The smallest absolute Gasteiger partial charge is 0.293 e. The molecule has 2 aliphatic rings. The lowest BCUT2D eigenvalue weighted by Gasteiger charge is -2.42. The van der Waals surface area contributed by atoms with Crippen molar-refractivity contribution in [1.29, 1.82) is 0 Å². The molecule has 0 radical (unpaired) electrons. The minimum atomic E-state index is -0.407. The average molecular weight is 371 g/mol. The number of benzene rings is 1. The number of nitro groups is 1. The molecule has 1 saturated carbocycles. The monoisotopic (exact) mass is 371 g/mol. The maximum atomic E-state index is 11.9. The van der Waals surface area contributed by atoms with Gasteiger partial charge in [-0.3, -0.25) is 19.8 Å². The molecule has 2 heterocycles. The standard InChI is InChI=1S/C19H25N5O3/c1-13-2-4-14(5-3-13)22-6-8-23(9-7-22)17-11-16-15(10-18(17)24(26)27)19(25)21-12-20-16/h10-14H,2-9H2,1H3,(H,20,21,25). The van der Waals surface area contributed by atoms with E-state index >= 15 is 0 Å². The highest BCUT2D eigenvalue weighted by Gasteiger charge is 2.29. The van der Waals surface area contributed by atoms with Crippen LogP contribution < -0.4 is 10.5 Å². The van der Waals surface area contributed by atoms with E-state index in [1.54, 1.807) is 6.07 Å². The Kier molecular flexibility index (Phi) is 4.82. The second-order valence-electron chi connectivity index (χ2n) is 7.78. The number of aromatic nitrogens is 2. The lowest BCUT2D eigenvalue weighted by Crippen LogP contribution is -2.51. The molecule has 0 atom stereocenters. The molecule has 144 valence electrons. The third kappa shape index (κ3) is 3.53. The number of anilines is 1. The van der Waals surface area contributed by atoms with Gasteiger partial charge in [-0.1, -0.05) is 6.92 Å². The van der Waals surface area contributed by atoms with Crippen LogP contribution in [0.5, 0.6) is 0 Å². The molecule has 0 amide bonds. The Morgan fingerprint density at radius 3 is 2.52 bits per heavy atom. The predicted molar refractivity (Wildman–Crippen MR) is 104 cm³/mol. The SMILES string of the molecule is CC1CCC(N2CCN(c3cc4nc[nH]c(=O)c4cc3[N+](=O)[O-])CC2)CC1. The van der Waals surface area contributed by atoms with Crippen LogP contribution in [0, 0.1) is 16.0 Å². The lowest BCUT2D eigenvalue weighted by atomic mass is 9.86.